The van der Waals surface area contributed by atoms with Crippen molar-refractivity contribution in [1.82, 2.24) is 0 Å². The van der Waals surface area contributed by atoms with E-state index in [1.165, 1.54) is 12.1 Å². The van der Waals surface area contributed by atoms with Gasteiger partial charge in [0.2, 0.25) is 5.91 Å². The van der Waals surface area contributed by atoms with Crippen molar-refractivity contribution in [3.05, 3.63) is 29.8 Å². The number of carbonyl (C=O) groups is 1. The third kappa shape index (κ3) is 4.03. The zero-order chi connectivity index (χ0) is 13.1. The maximum Gasteiger partial charge on any atom is 0.416 e. The van der Waals surface area contributed by atoms with Crippen molar-refractivity contribution in [2.24, 2.45) is 0 Å². The van der Waals surface area contributed by atoms with Crippen molar-refractivity contribution in [2.75, 3.05) is 5.32 Å². The summed E-state index contributed by atoms with van der Waals surface area (Å²) >= 11 is 3.12. The first-order chi connectivity index (χ1) is 7.84. The molecule has 2 nitrogen and oxygen atoms in total. The molecule has 6 heteroatoms. The van der Waals surface area contributed by atoms with E-state index in [4.69, 9.17) is 0 Å². The molecule has 1 N–H and O–H groups in total. The van der Waals surface area contributed by atoms with E-state index < -0.39 is 16.6 Å². The molecule has 0 aliphatic rings. The van der Waals surface area contributed by atoms with E-state index in [1.807, 2.05) is 0 Å². The summed E-state index contributed by atoms with van der Waals surface area (Å²) in [7, 11) is 0. The molecule has 0 heterocycles. The summed E-state index contributed by atoms with van der Waals surface area (Å²) in [5.74, 6) is -0.355. The fraction of sp³-hybridized carbons (Fsp3) is 0.364. The number of carbonyl (C=O) groups excluding carboxylic acids is 1. The molecular formula is C11H11BrF3NO. The highest BCUT2D eigenvalue weighted by Crippen LogP contribution is 2.30. The Morgan fingerprint density at radius 2 is 2.12 bits per heavy atom. The van der Waals surface area contributed by atoms with Crippen LogP contribution in [-0.2, 0) is 11.0 Å². The molecule has 94 valence electrons. The van der Waals surface area contributed by atoms with Crippen LogP contribution >= 0.6 is 15.9 Å². The van der Waals surface area contributed by atoms with Crippen LogP contribution in [-0.4, -0.2) is 10.7 Å². The van der Waals surface area contributed by atoms with Crippen LogP contribution in [0.15, 0.2) is 24.3 Å². The Morgan fingerprint density at radius 1 is 1.47 bits per heavy atom. The van der Waals surface area contributed by atoms with Crippen LogP contribution in [0.4, 0.5) is 18.9 Å². The van der Waals surface area contributed by atoms with Crippen molar-refractivity contribution in [2.45, 2.75) is 24.3 Å². The van der Waals surface area contributed by atoms with E-state index in [0.717, 1.165) is 12.1 Å². The molecule has 0 fully saturated rings. The summed E-state index contributed by atoms with van der Waals surface area (Å²) < 4.78 is 37.2. The number of alkyl halides is 4. The largest absolute Gasteiger partial charge is 0.416 e. The molecular weight excluding hydrogens is 299 g/mol. The lowest BCUT2D eigenvalue weighted by Crippen LogP contribution is -2.22. The highest BCUT2D eigenvalue weighted by Gasteiger charge is 2.30. The van der Waals surface area contributed by atoms with Crippen molar-refractivity contribution < 1.29 is 18.0 Å². The lowest BCUT2D eigenvalue weighted by atomic mass is 10.2. The quantitative estimate of drug-likeness (QED) is 0.845. The van der Waals surface area contributed by atoms with Crippen molar-refractivity contribution in [3.63, 3.8) is 0 Å². The summed E-state index contributed by atoms with van der Waals surface area (Å²) in [6.07, 6.45) is -3.84. The number of rotatable bonds is 3. The van der Waals surface area contributed by atoms with Crippen LogP contribution in [0.25, 0.3) is 0 Å². The van der Waals surface area contributed by atoms with E-state index in [1.54, 1.807) is 6.92 Å². The van der Waals surface area contributed by atoms with Gasteiger partial charge in [-0.1, -0.05) is 28.9 Å². The van der Waals surface area contributed by atoms with Crippen molar-refractivity contribution in [3.8, 4) is 0 Å². The number of anilines is 1. The minimum atomic E-state index is -4.40. The fourth-order valence-electron chi connectivity index (χ4n) is 1.18. The monoisotopic (exact) mass is 309 g/mol. The topological polar surface area (TPSA) is 29.1 Å². The van der Waals surface area contributed by atoms with Gasteiger partial charge in [0.15, 0.2) is 0 Å². The van der Waals surface area contributed by atoms with Gasteiger partial charge >= 0.3 is 6.18 Å². The Bertz CT molecular complexity index is 406. The predicted octanol–water partition coefficient (Wildman–Crippen LogP) is 3.82. The lowest BCUT2D eigenvalue weighted by molar-refractivity contribution is -0.137. The van der Waals surface area contributed by atoms with E-state index in [2.05, 4.69) is 21.2 Å². The summed E-state index contributed by atoms with van der Waals surface area (Å²) in [5, 5.41) is 2.42. The van der Waals surface area contributed by atoms with Gasteiger partial charge in [0.1, 0.15) is 0 Å². The highest BCUT2D eigenvalue weighted by atomic mass is 79.9. The van der Waals surface area contributed by atoms with Crippen LogP contribution < -0.4 is 5.32 Å². The molecule has 0 aliphatic carbocycles. The fourth-order valence-corrected chi connectivity index (χ4v) is 1.29. The smallest absolute Gasteiger partial charge is 0.325 e. The molecule has 1 aromatic rings. The third-order valence-electron chi connectivity index (χ3n) is 2.10. The second-order valence-corrected chi connectivity index (χ2v) is 4.55. The van der Waals surface area contributed by atoms with Crippen molar-refractivity contribution in [1.29, 1.82) is 0 Å². The van der Waals surface area contributed by atoms with Gasteiger partial charge < -0.3 is 5.32 Å². The molecule has 1 aromatic carbocycles. The van der Waals surface area contributed by atoms with Crippen LogP contribution in [0.2, 0.25) is 0 Å². The number of nitrogens with one attached hydrogen (secondary N) is 1. The van der Waals surface area contributed by atoms with E-state index in [-0.39, 0.29) is 11.6 Å². The molecule has 0 unspecified atom stereocenters. The second-order valence-electron chi connectivity index (χ2n) is 3.44. The van der Waals surface area contributed by atoms with Gasteiger partial charge in [0, 0.05) is 5.69 Å². The maximum absolute atomic E-state index is 12.4. The summed E-state index contributed by atoms with van der Waals surface area (Å²) in [6.45, 7) is 1.80. The number of hydrogen-bond donors (Lipinski definition) is 1. The Morgan fingerprint density at radius 3 is 2.65 bits per heavy atom. The molecule has 1 rings (SSSR count). The molecule has 0 saturated carbocycles. The summed E-state index contributed by atoms with van der Waals surface area (Å²) in [6, 6.07) is 4.55. The molecule has 0 spiro atoms. The number of halogens is 4. The molecule has 1 amide bonds. The van der Waals surface area contributed by atoms with Gasteiger partial charge in [-0.2, -0.15) is 13.2 Å². The van der Waals surface area contributed by atoms with E-state index >= 15 is 0 Å². The first-order valence-corrected chi connectivity index (χ1v) is 5.88. The maximum atomic E-state index is 12.4. The average molecular weight is 310 g/mol. The molecule has 0 saturated heterocycles. The Kier molecular flexibility index (Phi) is 4.56. The third-order valence-corrected chi connectivity index (χ3v) is 3.16. The average Bonchev–Trinajstić information content (AvgIpc) is 2.27. The number of hydrogen-bond acceptors (Lipinski definition) is 1. The van der Waals surface area contributed by atoms with Gasteiger partial charge in [-0.15, -0.1) is 0 Å². The Balaban J connectivity index is 2.83. The van der Waals surface area contributed by atoms with Gasteiger partial charge in [-0.3, -0.25) is 4.79 Å². The highest BCUT2D eigenvalue weighted by molar-refractivity contribution is 9.10. The second kappa shape index (κ2) is 5.53. The van der Waals surface area contributed by atoms with Gasteiger partial charge in [-0.05, 0) is 24.6 Å². The molecule has 17 heavy (non-hydrogen) atoms. The van der Waals surface area contributed by atoms with Crippen LogP contribution in [0.5, 0.6) is 0 Å². The molecule has 0 radical (unpaired) electrons. The summed E-state index contributed by atoms with van der Waals surface area (Å²) in [5.41, 5.74) is -0.638. The Labute approximate surface area is 105 Å². The van der Waals surface area contributed by atoms with Crippen LogP contribution in [0.1, 0.15) is 18.9 Å². The Hall–Kier alpha value is -1.04. The van der Waals surface area contributed by atoms with Crippen molar-refractivity contribution >= 4 is 27.5 Å². The van der Waals surface area contributed by atoms with E-state index in [9.17, 15) is 18.0 Å². The van der Waals surface area contributed by atoms with Gasteiger partial charge in [-0.25, -0.2) is 0 Å². The molecule has 1 atom stereocenters. The minimum absolute atomic E-state index is 0.141. The summed E-state index contributed by atoms with van der Waals surface area (Å²) in [4.78, 5) is 11.1. The first kappa shape index (κ1) is 14.0. The van der Waals surface area contributed by atoms with Gasteiger partial charge in [0.05, 0.1) is 10.4 Å². The molecule has 0 aliphatic heterocycles. The molecule has 0 bridgehead atoms. The molecule has 0 aromatic heterocycles. The normalized spacial score (nSPS) is 13.2. The lowest BCUT2D eigenvalue weighted by Gasteiger charge is -2.11. The predicted molar refractivity (Wildman–Crippen MR) is 63.1 cm³/mol. The zero-order valence-corrected chi connectivity index (χ0v) is 10.6. The SMILES string of the molecule is CC[C@H](Br)C(=O)Nc1cccc(C(F)(F)F)c1. The minimum Gasteiger partial charge on any atom is -0.325 e. The van der Waals surface area contributed by atoms with Crippen LogP contribution in [0, 0.1) is 0 Å². The zero-order valence-electron chi connectivity index (χ0n) is 9.01. The number of benzene rings is 1. The van der Waals surface area contributed by atoms with Gasteiger partial charge in [0.25, 0.3) is 0 Å². The van der Waals surface area contributed by atoms with Crippen LogP contribution in [0.3, 0.4) is 0 Å². The number of amides is 1. The first-order valence-electron chi connectivity index (χ1n) is 4.96. The standard InChI is InChI=1S/C11H11BrF3NO/c1-2-9(12)10(17)16-8-5-3-4-7(6-8)11(13,14)15/h3-6,9H,2H2,1H3,(H,16,17)/t9-/m0/s1. The van der Waals surface area contributed by atoms with E-state index in [0.29, 0.717) is 6.42 Å².